The van der Waals surface area contributed by atoms with E-state index in [1.165, 1.54) is 0 Å². The van der Waals surface area contributed by atoms with Gasteiger partial charge < -0.3 is 13.9 Å². The lowest BCUT2D eigenvalue weighted by Crippen LogP contribution is -2.29. The van der Waals surface area contributed by atoms with Gasteiger partial charge >= 0.3 is 0 Å². The van der Waals surface area contributed by atoms with E-state index in [1.54, 1.807) is 36.3 Å². The quantitative estimate of drug-likeness (QED) is 0.222. The molecule has 2 heterocycles. The highest BCUT2D eigenvalue weighted by Crippen LogP contribution is 2.43. The fourth-order valence-corrected chi connectivity index (χ4v) is 5.01. The Morgan fingerprint density at radius 2 is 1.89 bits per heavy atom. The molecule has 1 aliphatic heterocycles. The highest BCUT2D eigenvalue weighted by atomic mass is 79.9. The zero-order chi connectivity index (χ0) is 25.4. The van der Waals surface area contributed by atoms with Gasteiger partial charge in [0.2, 0.25) is 5.76 Å². The summed E-state index contributed by atoms with van der Waals surface area (Å²) < 4.78 is 18.3. The van der Waals surface area contributed by atoms with Crippen molar-refractivity contribution in [3.63, 3.8) is 0 Å². The van der Waals surface area contributed by atoms with Crippen LogP contribution < -0.4 is 19.8 Å². The van der Waals surface area contributed by atoms with Crippen LogP contribution in [0, 0.1) is 0 Å². The van der Waals surface area contributed by atoms with E-state index in [4.69, 9.17) is 25.5 Å². The number of carbonyl (C=O) groups excluding carboxylic acids is 1. The van der Waals surface area contributed by atoms with Crippen molar-refractivity contribution in [2.75, 3.05) is 18.6 Å². The molecule has 0 N–H and O–H groups in total. The number of methoxy groups -OCH3 is 1. The summed E-state index contributed by atoms with van der Waals surface area (Å²) >= 11 is 9.67. The van der Waals surface area contributed by atoms with Crippen molar-refractivity contribution in [3.05, 3.63) is 97.3 Å². The van der Waals surface area contributed by atoms with E-state index >= 15 is 0 Å². The molecule has 0 bridgehead atoms. The topological polar surface area (TPSA) is 69.0 Å². The van der Waals surface area contributed by atoms with Crippen LogP contribution in [0.3, 0.4) is 0 Å². The molecule has 1 amide bonds. The number of rotatable bonds is 7. The number of ether oxygens (including phenoxy) is 2. The van der Waals surface area contributed by atoms with Crippen LogP contribution in [0.15, 0.2) is 74.3 Å². The third-order valence-electron chi connectivity index (χ3n) is 6.18. The number of hydrogen-bond acceptors (Lipinski definition) is 5. The summed E-state index contributed by atoms with van der Waals surface area (Å²) in [4.78, 5) is 29.1. The molecule has 1 atom stereocenters. The van der Waals surface area contributed by atoms with E-state index < -0.39 is 11.9 Å². The van der Waals surface area contributed by atoms with Gasteiger partial charge in [0.05, 0.1) is 30.7 Å². The van der Waals surface area contributed by atoms with Crippen molar-refractivity contribution >= 4 is 50.1 Å². The zero-order valence-electron chi connectivity index (χ0n) is 19.7. The molecule has 184 valence electrons. The van der Waals surface area contributed by atoms with Crippen molar-refractivity contribution in [2.45, 2.75) is 25.8 Å². The number of carbonyl (C=O) groups is 1. The SMILES string of the molecule is CCCCOc1ccc(C2c3c(oc4ccc(Cl)cc4c3=O)C(=O)N2c2cccc(Br)c2)cc1OC. The lowest BCUT2D eigenvalue weighted by Gasteiger charge is -2.26. The highest BCUT2D eigenvalue weighted by Gasteiger charge is 2.44. The normalized spacial score (nSPS) is 14.8. The minimum absolute atomic E-state index is 0.0158. The second-order valence-electron chi connectivity index (χ2n) is 8.48. The van der Waals surface area contributed by atoms with Crippen LogP contribution in [0.1, 0.15) is 47.5 Å². The summed E-state index contributed by atoms with van der Waals surface area (Å²) in [6.45, 7) is 2.66. The molecular formula is C28H23BrClNO5. The summed E-state index contributed by atoms with van der Waals surface area (Å²) in [6, 6.07) is 16.9. The molecule has 1 unspecified atom stereocenters. The summed E-state index contributed by atoms with van der Waals surface area (Å²) in [5, 5.41) is 0.733. The lowest BCUT2D eigenvalue weighted by atomic mass is 9.97. The standard InChI is InChI=1S/C28H23BrClNO5/c1-3-4-12-35-22-10-8-16(13-23(22)34-2)25-24-26(32)20-15-18(30)9-11-21(20)36-27(24)28(33)31(25)19-7-5-6-17(29)14-19/h5-11,13-15,25H,3-4,12H2,1-2H3. The maximum absolute atomic E-state index is 13.8. The van der Waals surface area contributed by atoms with Gasteiger partial charge in [-0.25, -0.2) is 0 Å². The molecular weight excluding hydrogens is 546 g/mol. The lowest BCUT2D eigenvalue weighted by molar-refractivity contribution is 0.0971. The van der Waals surface area contributed by atoms with Crippen molar-refractivity contribution in [1.82, 2.24) is 0 Å². The van der Waals surface area contributed by atoms with Gasteiger partial charge in [-0.2, -0.15) is 0 Å². The van der Waals surface area contributed by atoms with Crippen molar-refractivity contribution in [3.8, 4) is 11.5 Å². The van der Waals surface area contributed by atoms with E-state index in [-0.39, 0.29) is 16.8 Å². The minimum Gasteiger partial charge on any atom is -0.493 e. The fraction of sp³-hybridized carbons (Fsp3) is 0.214. The average molecular weight is 569 g/mol. The Bertz CT molecular complexity index is 1530. The number of halogens is 2. The van der Waals surface area contributed by atoms with E-state index in [9.17, 15) is 9.59 Å². The highest BCUT2D eigenvalue weighted by molar-refractivity contribution is 9.10. The molecule has 3 aromatic carbocycles. The average Bonchev–Trinajstić information content (AvgIpc) is 3.17. The van der Waals surface area contributed by atoms with E-state index in [0.717, 1.165) is 17.3 Å². The molecule has 0 aliphatic carbocycles. The third kappa shape index (κ3) is 4.27. The summed E-state index contributed by atoms with van der Waals surface area (Å²) in [5.74, 6) is 0.740. The molecule has 36 heavy (non-hydrogen) atoms. The molecule has 5 rings (SSSR count). The number of unbranched alkanes of at least 4 members (excludes halogenated alkanes) is 1. The molecule has 0 saturated heterocycles. The van der Waals surface area contributed by atoms with Gasteiger partial charge in [-0.15, -0.1) is 0 Å². The van der Waals surface area contributed by atoms with Crippen LogP contribution in [0.25, 0.3) is 11.0 Å². The Hall–Kier alpha value is -3.29. The van der Waals surface area contributed by atoms with Crippen LogP contribution in [0.2, 0.25) is 5.02 Å². The molecule has 4 aromatic rings. The molecule has 1 aliphatic rings. The van der Waals surface area contributed by atoms with Crippen LogP contribution in [0.5, 0.6) is 11.5 Å². The first-order valence-electron chi connectivity index (χ1n) is 11.6. The number of nitrogens with zero attached hydrogens (tertiary/aromatic N) is 1. The Morgan fingerprint density at radius 3 is 2.64 bits per heavy atom. The molecule has 0 spiro atoms. The predicted molar refractivity (Wildman–Crippen MR) is 144 cm³/mol. The Balaban J connectivity index is 1.72. The van der Waals surface area contributed by atoms with Crippen LogP contribution >= 0.6 is 27.5 Å². The monoisotopic (exact) mass is 567 g/mol. The first kappa shape index (κ1) is 24.4. The van der Waals surface area contributed by atoms with Crippen molar-refractivity contribution < 1.29 is 18.7 Å². The van der Waals surface area contributed by atoms with Crippen LogP contribution in [-0.2, 0) is 0 Å². The van der Waals surface area contributed by atoms with Crippen LogP contribution in [-0.4, -0.2) is 19.6 Å². The number of benzene rings is 3. The van der Waals surface area contributed by atoms with E-state index in [0.29, 0.717) is 45.3 Å². The second kappa shape index (κ2) is 9.99. The van der Waals surface area contributed by atoms with Gasteiger partial charge in [0.25, 0.3) is 5.91 Å². The predicted octanol–water partition coefficient (Wildman–Crippen LogP) is 7.15. The Labute approximate surface area is 221 Å². The molecule has 6 nitrogen and oxygen atoms in total. The number of amides is 1. The van der Waals surface area contributed by atoms with E-state index in [1.807, 2.05) is 36.4 Å². The molecule has 0 fully saturated rings. The summed E-state index contributed by atoms with van der Waals surface area (Å²) in [6.07, 6.45) is 1.93. The number of fused-ring (bicyclic) bond motifs is 2. The Morgan fingerprint density at radius 1 is 1.06 bits per heavy atom. The van der Waals surface area contributed by atoms with Gasteiger partial charge in [0.15, 0.2) is 16.9 Å². The van der Waals surface area contributed by atoms with E-state index in [2.05, 4.69) is 22.9 Å². The van der Waals surface area contributed by atoms with Crippen molar-refractivity contribution in [1.29, 1.82) is 0 Å². The molecule has 0 saturated carbocycles. The summed E-state index contributed by atoms with van der Waals surface area (Å²) in [7, 11) is 1.56. The molecule has 8 heteroatoms. The smallest absolute Gasteiger partial charge is 0.295 e. The second-order valence-corrected chi connectivity index (χ2v) is 9.84. The zero-order valence-corrected chi connectivity index (χ0v) is 22.1. The molecule has 0 radical (unpaired) electrons. The van der Waals surface area contributed by atoms with Crippen LogP contribution in [0.4, 0.5) is 5.69 Å². The maximum Gasteiger partial charge on any atom is 0.295 e. The number of anilines is 1. The first-order valence-corrected chi connectivity index (χ1v) is 12.8. The van der Waals surface area contributed by atoms with Gasteiger partial charge in [-0.05, 0) is 60.5 Å². The van der Waals surface area contributed by atoms with Gasteiger partial charge in [0, 0.05) is 15.2 Å². The first-order chi connectivity index (χ1) is 17.4. The van der Waals surface area contributed by atoms with Gasteiger partial charge in [-0.1, -0.05) is 53.0 Å². The summed E-state index contributed by atoms with van der Waals surface area (Å²) in [5.41, 5.74) is 1.58. The maximum atomic E-state index is 13.8. The minimum atomic E-state index is -0.736. The fourth-order valence-electron chi connectivity index (χ4n) is 4.45. The van der Waals surface area contributed by atoms with Gasteiger partial charge in [-0.3, -0.25) is 14.5 Å². The number of hydrogen-bond donors (Lipinski definition) is 0. The van der Waals surface area contributed by atoms with Gasteiger partial charge in [0.1, 0.15) is 5.58 Å². The van der Waals surface area contributed by atoms with Crippen molar-refractivity contribution in [2.24, 2.45) is 0 Å². The largest absolute Gasteiger partial charge is 0.493 e. The Kier molecular flexibility index (Phi) is 6.77. The third-order valence-corrected chi connectivity index (χ3v) is 6.91. The molecule has 1 aromatic heterocycles.